The van der Waals surface area contributed by atoms with Gasteiger partial charge in [-0.25, -0.2) is 0 Å². The zero-order valence-electron chi connectivity index (χ0n) is 8.33. The number of benzene rings is 1. The molecule has 0 nitrogen and oxygen atoms in total. The van der Waals surface area contributed by atoms with Gasteiger partial charge >= 0.3 is 0 Å². The predicted molar refractivity (Wildman–Crippen MR) is 59.4 cm³/mol. The van der Waals surface area contributed by atoms with E-state index in [0.717, 1.165) is 12.3 Å². The van der Waals surface area contributed by atoms with Gasteiger partial charge in [0.2, 0.25) is 0 Å². The minimum atomic E-state index is 0.611. The largest absolute Gasteiger partial charge is 0.127 e. The minimum absolute atomic E-state index is 0.611. The number of rotatable bonds is 4. The molecule has 0 saturated carbocycles. The van der Waals surface area contributed by atoms with E-state index in [-0.39, 0.29) is 0 Å². The molecule has 1 aromatic rings. The van der Waals surface area contributed by atoms with Crippen molar-refractivity contribution in [1.29, 1.82) is 0 Å². The first-order valence-corrected chi connectivity index (χ1v) is 5.40. The number of halogens is 1. The maximum atomic E-state index is 5.73. The highest BCUT2D eigenvalue weighted by Crippen LogP contribution is 2.26. The lowest BCUT2D eigenvalue weighted by atomic mass is 9.87. The summed E-state index contributed by atoms with van der Waals surface area (Å²) in [5, 5.41) is 0. The fraction of sp³-hybridized carbons (Fsp3) is 0.500. The summed E-state index contributed by atoms with van der Waals surface area (Å²) < 4.78 is 0. The smallest absolute Gasteiger partial charge is 0.0226 e. The van der Waals surface area contributed by atoms with E-state index >= 15 is 0 Å². The van der Waals surface area contributed by atoms with Gasteiger partial charge < -0.3 is 0 Å². The van der Waals surface area contributed by atoms with E-state index in [2.05, 4.69) is 44.2 Å². The van der Waals surface area contributed by atoms with Gasteiger partial charge in [-0.2, -0.15) is 0 Å². The van der Waals surface area contributed by atoms with Crippen molar-refractivity contribution >= 4 is 11.6 Å². The molecule has 0 bridgehead atoms. The quantitative estimate of drug-likeness (QED) is 0.638. The van der Waals surface area contributed by atoms with Crippen molar-refractivity contribution in [2.45, 2.75) is 26.2 Å². The Kier molecular flexibility index (Phi) is 4.31. The van der Waals surface area contributed by atoms with Gasteiger partial charge in [-0.1, -0.05) is 44.2 Å². The molecule has 0 radical (unpaired) electrons. The van der Waals surface area contributed by atoms with Crippen molar-refractivity contribution in [2.75, 3.05) is 5.88 Å². The topological polar surface area (TPSA) is 0 Å². The summed E-state index contributed by atoms with van der Waals surface area (Å²) in [6, 6.07) is 10.6. The molecule has 0 N–H and O–H groups in total. The van der Waals surface area contributed by atoms with Crippen LogP contribution in [0, 0.1) is 5.92 Å². The Morgan fingerprint density at radius 1 is 1.15 bits per heavy atom. The van der Waals surface area contributed by atoms with Crippen molar-refractivity contribution in [1.82, 2.24) is 0 Å². The zero-order valence-corrected chi connectivity index (χ0v) is 9.09. The highest BCUT2D eigenvalue weighted by atomic mass is 35.5. The third-order valence-corrected chi connectivity index (χ3v) is 2.96. The van der Waals surface area contributed by atoms with Crippen LogP contribution >= 0.6 is 11.6 Å². The Hall–Kier alpha value is -0.490. The maximum absolute atomic E-state index is 5.73. The SMILES string of the molecule is CC(CCCl)C(C)c1ccccc1. The van der Waals surface area contributed by atoms with Gasteiger partial charge in [0.25, 0.3) is 0 Å². The van der Waals surface area contributed by atoms with Crippen LogP contribution in [0.2, 0.25) is 0 Å². The molecule has 0 aliphatic rings. The summed E-state index contributed by atoms with van der Waals surface area (Å²) in [5.74, 6) is 2.04. The van der Waals surface area contributed by atoms with Crippen molar-refractivity contribution in [3.05, 3.63) is 35.9 Å². The molecule has 0 saturated heterocycles. The molecule has 0 amide bonds. The van der Waals surface area contributed by atoms with Crippen molar-refractivity contribution in [3.63, 3.8) is 0 Å². The average molecular weight is 197 g/mol. The molecule has 1 aromatic carbocycles. The van der Waals surface area contributed by atoms with Crippen LogP contribution in [0.15, 0.2) is 30.3 Å². The zero-order chi connectivity index (χ0) is 9.68. The lowest BCUT2D eigenvalue weighted by Crippen LogP contribution is -2.06. The van der Waals surface area contributed by atoms with Crippen LogP contribution < -0.4 is 0 Å². The second-order valence-electron chi connectivity index (χ2n) is 3.65. The summed E-state index contributed by atoms with van der Waals surface area (Å²) in [5.41, 5.74) is 1.42. The van der Waals surface area contributed by atoms with Crippen molar-refractivity contribution < 1.29 is 0 Å². The molecule has 0 aromatic heterocycles. The van der Waals surface area contributed by atoms with Gasteiger partial charge in [-0.3, -0.25) is 0 Å². The molecular formula is C12H17Cl. The van der Waals surface area contributed by atoms with Gasteiger partial charge in [-0.15, -0.1) is 11.6 Å². The van der Waals surface area contributed by atoms with Gasteiger partial charge in [-0.05, 0) is 23.8 Å². The second kappa shape index (κ2) is 5.29. The van der Waals surface area contributed by atoms with Crippen LogP contribution in [0.5, 0.6) is 0 Å². The van der Waals surface area contributed by atoms with Crippen LogP contribution in [-0.4, -0.2) is 5.88 Å². The summed E-state index contributed by atoms with van der Waals surface area (Å²) in [4.78, 5) is 0. The highest BCUT2D eigenvalue weighted by Gasteiger charge is 2.12. The van der Waals surface area contributed by atoms with Crippen molar-refractivity contribution in [3.8, 4) is 0 Å². The molecule has 2 atom stereocenters. The van der Waals surface area contributed by atoms with E-state index in [1.165, 1.54) is 5.56 Å². The van der Waals surface area contributed by atoms with E-state index in [1.54, 1.807) is 0 Å². The molecule has 2 unspecified atom stereocenters. The predicted octanol–water partition coefficient (Wildman–Crippen LogP) is 4.06. The lowest BCUT2D eigenvalue weighted by Gasteiger charge is -2.19. The van der Waals surface area contributed by atoms with E-state index in [0.29, 0.717) is 11.8 Å². The van der Waals surface area contributed by atoms with Crippen molar-refractivity contribution in [2.24, 2.45) is 5.92 Å². The molecular weight excluding hydrogens is 180 g/mol. The molecule has 0 heterocycles. The molecule has 0 spiro atoms. The maximum Gasteiger partial charge on any atom is 0.0226 e. The monoisotopic (exact) mass is 196 g/mol. The first kappa shape index (κ1) is 10.6. The second-order valence-corrected chi connectivity index (χ2v) is 4.03. The standard InChI is InChI=1S/C12H17Cl/c1-10(8-9-13)11(2)12-6-4-3-5-7-12/h3-7,10-11H,8-9H2,1-2H3. The summed E-state index contributed by atoms with van der Waals surface area (Å²) >= 11 is 5.73. The minimum Gasteiger partial charge on any atom is -0.127 e. The molecule has 1 heteroatoms. The van der Waals surface area contributed by atoms with Gasteiger partial charge in [0.15, 0.2) is 0 Å². The Morgan fingerprint density at radius 2 is 1.77 bits per heavy atom. The normalized spacial score (nSPS) is 15.3. The van der Waals surface area contributed by atoms with E-state index in [9.17, 15) is 0 Å². The van der Waals surface area contributed by atoms with Gasteiger partial charge in [0.1, 0.15) is 0 Å². The molecule has 1 rings (SSSR count). The van der Waals surface area contributed by atoms with Crippen LogP contribution in [0.3, 0.4) is 0 Å². The highest BCUT2D eigenvalue weighted by molar-refractivity contribution is 6.17. The molecule has 13 heavy (non-hydrogen) atoms. The summed E-state index contributed by atoms with van der Waals surface area (Å²) in [6.07, 6.45) is 1.09. The summed E-state index contributed by atoms with van der Waals surface area (Å²) in [6.45, 7) is 4.53. The number of hydrogen-bond acceptors (Lipinski definition) is 0. The van der Waals surface area contributed by atoms with Gasteiger partial charge in [0.05, 0.1) is 0 Å². The fourth-order valence-corrected chi connectivity index (χ4v) is 1.85. The van der Waals surface area contributed by atoms with Crippen LogP contribution in [-0.2, 0) is 0 Å². The Morgan fingerprint density at radius 3 is 2.31 bits per heavy atom. The Balaban J connectivity index is 2.62. The Labute approximate surface area is 85.9 Å². The lowest BCUT2D eigenvalue weighted by molar-refractivity contribution is 0.475. The van der Waals surface area contributed by atoms with Crippen LogP contribution in [0.1, 0.15) is 31.7 Å². The van der Waals surface area contributed by atoms with E-state index in [4.69, 9.17) is 11.6 Å². The first-order valence-electron chi connectivity index (χ1n) is 4.86. The molecule has 0 aliphatic carbocycles. The molecule has 0 aliphatic heterocycles. The third kappa shape index (κ3) is 3.04. The van der Waals surface area contributed by atoms with Gasteiger partial charge in [0, 0.05) is 5.88 Å². The summed E-state index contributed by atoms with van der Waals surface area (Å²) in [7, 11) is 0. The first-order chi connectivity index (χ1) is 6.25. The van der Waals surface area contributed by atoms with E-state index < -0.39 is 0 Å². The third-order valence-electron chi connectivity index (χ3n) is 2.74. The molecule has 72 valence electrons. The van der Waals surface area contributed by atoms with E-state index in [1.807, 2.05) is 0 Å². The molecule has 0 fully saturated rings. The fourth-order valence-electron chi connectivity index (χ4n) is 1.51. The van der Waals surface area contributed by atoms with Crippen LogP contribution in [0.25, 0.3) is 0 Å². The van der Waals surface area contributed by atoms with Crippen LogP contribution in [0.4, 0.5) is 0 Å². The average Bonchev–Trinajstić information content (AvgIpc) is 2.18. The number of hydrogen-bond donors (Lipinski definition) is 0. The Bertz CT molecular complexity index is 230. The number of alkyl halides is 1.